The molecule has 10 aromatic carbocycles. The predicted octanol–water partition coefficient (Wildman–Crippen LogP) is 22.0. The first-order chi connectivity index (χ1) is 41.9. The highest BCUT2D eigenvalue weighted by molar-refractivity contribution is 5.94. The molecule has 0 atom stereocenters. The Balaban J connectivity index is 0.645. The van der Waals surface area contributed by atoms with E-state index in [1.165, 1.54) is 145 Å². The monoisotopic (exact) mass is 1120 g/mol. The highest BCUT2D eigenvalue weighted by atomic mass is 14.7. The van der Waals surface area contributed by atoms with Gasteiger partial charge in [0.05, 0.1) is 11.4 Å². The van der Waals surface area contributed by atoms with Crippen LogP contribution >= 0.6 is 0 Å². The van der Waals surface area contributed by atoms with E-state index in [0.29, 0.717) is 0 Å². The maximum absolute atomic E-state index is 5.10. The van der Waals surface area contributed by atoms with Crippen LogP contribution in [-0.4, -0.2) is 9.97 Å². The fourth-order valence-electron chi connectivity index (χ4n) is 16.7. The molecule has 0 fully saturated rings. The minimum Gasteiger partial charge on any atom is -0.256 e. The summed E-state index contributed by atoms with van der Waals surface area (Å²) in [7, 11) is 0. The molecule has 0 bridgehead atoms. The van der Waals surface area contributed by atoms with Crippen molar-refractivity contribution in [2.75, 3.05) is 0 Å². The second kappa shape index (κ2) is 17.8. The van der Waals surface area contributed by atoms with Crippen molar-refractivity contribution < 1.29 is 0 Å². The van der Waals surface area contributed by atoms with E-state index in [9.17, 15) is 0 Å². The normalized spacial score (nSPS) is 16.2. The number of benzene rings is 10. The highest BCUT2D eigenvalue weighted by Crippen LogP contribution is 2.57. The summed E-state index contributed by atoms with van der Waals surface area (Å²) >= 11 is 0. The molecular formula is C85H68N2. The van der Waals surface area contributed by atoms with Crippen LogP contribution in [0.5, 0.6) is 0 Å². The zero-order chi connectivity index (χ0) is 59.3. The van der Waals surface area contributed by atoms with Gasteiger partial charge in [-0.15, -0.1) is 0 Å². The second-order valence-corrected chi connectivity index (χ2v) is 28.1. The van der Waals surface area contributed by atoms with Crippen LogP contribution in [0.1, 0.15) is 125 Å². The zero-order valence-corrected chi connectivity index (χ0v) is 51.3. The van der Waals surface area contributed by atoms with Crippen molar-refractivity contribution in [3.8, 4) is 123 Å². The Labute approximate surface area is 512 Å². The number of hydrogen-bond acceptors (Lipinski definition) is 2. The minimum atomic E-state index is -0.213. The Morgan fingerprint density at radius 1 is 0.184 bits per heavy atom. The average Bonchev–Trinajstić information content (AvgIpc) is 1.78. The molecule has 0 spiro atoms. The van der Waals surface area contributed by atoms with Gasteiger partial charge in [0, 0.05) is 61.7 Å². The molecule has 2 heterocycles. The van der Waals surface area contributed by atoms with Crippen LogP contribution < -0.4 is 0 Å². The van der Waals surface area contributed by atoms with Crippen LogP contribution in [0.3, 0.4) is 0 Å². The van der Waals surface area contributed by atoms with Crippen LogP contribution in [-0.2, 0) is 27.1 Å². The SMILES string of the molecule is CC1(C)c2cc(-c3ccc4c(c3)C(C)(C)c3cc(-c5ncccc5-c5ccc6c(c5)C(C)(C)c5ccccc5-6)ccc3-4)ccc2-c2ccc(-c3ccc4c(c3)C(C)(C)c3cc(-c5ncccc5-c5ccc6c(c5)C(C)(C)c5ccccc5-6)ccc3-4)cc21. The summed E-state index contributed by atoms with van der Waals surface area (Å²) in [5.74, 6) is 0. The zero-order valence-electron chi connectivity index (χ0n) is 51.3. The van der Waals surface area contributed by atoms with Crippen molar-refractivity contribution in [2.45, 2.75) is 96.3 Å². The fraction of sp³-hybridized carbons (Fsp3) is 0.176. The Hall–Kier alpha value is -9.50. The van der Waals surface area contributed by atoms with Gasteiger partial charge in [-0.2, -0.15) is 0 Å². The molecule has 0 aliphatic heterocycles. The molecule has 12 aromatic rings. The molecule has 87 heavy (non-hydrogen) atoms. The summed E-state index contributed by atoms with van der Waals surface area (Å²) in [4.78, 5) is 10.2. The van der Waals surface area contributed by atoms with Gasteiger partial charge in [0.1, 0.15) is 0 Å². The molecule has 418 valence electrons. The van der Waals surface area contributed by atoms with Crippen LogP contribution in [0.2, 0.25) is 0 Å². The van der Waals surface area contributed by atoms with Gasteiger partial charge in [-0.1, -0.05) is 227 Å². The highest BCUT2D eigenvalue weighted by Gasteiger charge is 2.41. The van der Waals surface area contributed by atoms with Gasteiger partial charge < -0.3 is 0 Å². The molecule has 2 heteroatoms. The van der Waals surface area contributed by atoms with Gasteiger partial charge >= 0.3 is 0 Å². The van der Waals surface area contributed by atoms with Gasteiger partial charge in [-0.05, 0) is 205 Å². The van der Waals surface area contributed by atoms with E-state index in [1.54, 1.807) is 0 Å². The molecule has 0 unspecified atom stereocenters. The van der Waals surface area contributed by atoms with Crippen LogP contribution in [0.15, 0.2) is 231 Å². The number of rotatable bonds is 6. The molecule has 5 aliphatic carbocycles. The lowest BCUT2D eigenvalue weighted by molar-refractivity contribution is 0.659. The van der Waals surface area contributed by atoms with Gasteiger partial charge in [0.25, 0.3) is 0 Å². The topological polar surface area (TPSA) is 25.8 Å². The van der Waals surface area contributed by atoms with E-state index in [2.05, 4.69) is 288 Å². The Morgan fingerprint density at radius 2 is 0.391 bits per heavy atom. The van der Waals surface area contributed by atoms with Gasteiger partial charge in [0.15, 0.2) is 0 Å². The quantitative estimate of drug-likeness (QED) is 0.166. The van der Waals surface area contributed by atoms with Gasteiger partial charge in [0.2, 0.25) is 0 Å². The van der Waals surface area contributed by atoms with E-state index in [1.807, 2.05) is 12.4 Å². The first-order valence-electron chi connectivity index (χ1n) is 31.2. The third-order valence-electron chi connectivity index (χ3n) is 21.6. The van der Waals surface area contributed by atoms with Gasteiger partial charge in [-0.3, -0.25) is 9.97 Å². The molecule has 0 saturated carbocycles. The second-order valence-electron chi connectivity index (χ2n) is 28.1. The lowest BCUT2D eigenvalue weighted by Crippen LogP contribution is -2.16. The van der Waals surface area contributed by atoms with Crippen molar-refractivity contribution in [3.63, 3.8) is 0 Å². The largest absolute Gasteiger partial charge is 0.256 e. The predicted molar refractivity (Wildman–Crippen MR) is 362 cm³/mol. The fourth-order valence-corrected chi connectivity index (χ4v) is 16.7. The molecule has 0 radical (unpaired) electrons. The first-order valence-corrected chi connectivity index (χ1v) is 31.2. The number of fused-ring (bicyclic) bond motifs is 15. The Bertz CT molecular complexity index is 4700. The third kappa shape index (κ3) is 7.22. The number of aromatic nitrogens is 2. The standard InChI is InChI=1S/C85H68N2/c1-81(2)69-21-13-11-17-59(69)61-35-27-53(45-75(61)81)57-19-15-39-86-79(57)55-29-37-67-65-33-25-51(43-73(65)84(7,8)77(67)47-55)49-23-31-63-64-32-24-50(42-72(64)83(5,6)71(63)41-49)52-26-34-66-68-38-30-56(48-78(68)85(9,10)74(66)44-52)80-58(20-16-40-87-80)54-28-36-62-60-18-12-14-22-70(60)82(3,4)76(62)46-54/h11-48H,1-10H3. The maximum atomic E-state index is 5.10. The van der Waals surface area contributed by atoms with Gasteiger partial charge in [-0.25, -0.2) is 0 Å². The molecule has 0 amide bonds. The van der Waals surface area contributed by atoms with E-state index < -0.39 is 0 Å². The summed E-state index contributed by atoms with van der Waals surface area (Å²) in [5.41, 5.74) is 40.3. The molecular weight excluding hydrogens is 1050 g/mol. The van der Waals surface area contributed by atoms with Crippen molar-refractivity contribution in [1.29, 1.82) is 0 Å². The number of pyridine rings is 2. The van der Waals surface area contributed by atoms with Crippen molar-refractivity contribution >= 4 is 0 Å². The Morgan fingerprint density at radius 3 is 0.690 bits per heavy atom. The first kappa shape index (κ1) is 51.9. The van der Waals surface area contributed by atoms with E-state index in [-0.39, 0.29) is 27.1 Å². The third-order valence-corrected chi connectivity index (χ3v) is 21.6. The summed E-state index contributed by atoms with van der Waals surface area (Å²) in [6.45, 7) is 23.9. The molecule has 5 aliphatic rings. The molecule has 2 nitrogen and oxygen atoms in total. The van der Waals surface area contributed by atoms with E-state index in [0.717, 1.165) is 33.6 Å². The minimum absolute atomic E-state index is 0.0753. The van der Waals surface area contributed by atoms with Crippen LogP contribution in [0, 0.1) is 0 Å². The summed E-state index contributed by atoms with van der Waals surface area (Å²) in [5, 5.41) is 0. The average molecular weight is 1120 g/mol. The van der Waals surface area contributed by atoms with E-state index in [4.69, 9.17) is 9.97 Å². The van der Waals surface area contributed by atoms with Crippen molar-refractivity contribution in [1.82, 2.24) is 9.97 Å². The van der Waals surface area contributed by atoms with Crippen LogP contribution in [0.25, 0.3) is 123 Å². The van der Waals surface area contributed by atoms with Crippen molar-refractivity contribution in [3.05, 3.63) is 286 Å². The number of hydrogen-bond donors (Lipinski definition) is 0. The summed E-state index contributed by atoms with van der Waals surface area (Å²) in [6.07, 6.45) is 3.88. The number of nitrogens with zero attached hydrogens (tertiary/aromatic N) is 2. The molecule has 17 rings (SSSR count). The molecule has 0 saturated heterocycles. The lowest BCUT2D eigenvalue weighted by Gasteiger charge is -2.24. The maximum Gasteiger partial charge on any atom is 0.0780 e. The lowest BCUT2D eigenvalue weighted by atomic mass is 9.79. The van der Waals surface area contributed by atoms with Crippen molar-refractivity contribution in [2.24, 2.45) is 0 Å². The summed E-state index contributed by atoms with van der Waals surface area (Å²) < 4.78 is 0. The smallest absolute Gasteiger partial charge is 0.0780 e. The Kier molecular flexibility index (Phi) is 10.6. The van der Waals surface area contributed by atoms with E-state index >= 15 is 0 Å². The molecule has 2 aromatic heterocycles. The van der Waals surface area contributed by atoms with Crippen LogP contribution in [0.4, 0.5) is 0 Å². The molecule has 0 N–H and O–H groups in total. The summed E-state index contributed by atoms with van der Waals surface area (Å²) in [6, 6.07) is 83.3.